The van der Waals surface area contributed by atoms with Crippen LogP contribution in [0.4, 0.5) is 5.69 Å². The van der Waals surface area contributed by atoms with Crippen molar-refractivity contribution in [2.45, 2.75) is 4.90 Å². The van der Waals surface area contributed by atoms with E-state index in [1.807, 2.05) is 4.90 Å². The first-order valence-electron chi connectivity index (χ1n) is 9.71. The van der Waals surface area contributed by atoms with Crippen molar-refractivity contribution >= 4 is 21.6 Å². The van der Waals surface area contributed by atoms with E-state index in [0.717, 1.165) is 0 Å². The zero-order valence-electron chi connectivity index (χ0n) is 17.1. The minimum absolute atomic E-state index is 0.0166. The summed E-state index contributed by atoms with van der Waals surface area (Å²) in [6, 6.07) is 12.1. The van der Waals surface area contributed by atoms with E-state index in [9.17, 15) is 23.3 Å². The molecule has 0 bridgehead atoms. The lowest BCUT2D eigenvalue weighted by Gasteiger charge is -2.34. The first-order valence-corrected chi connectivity index (χ1v) is 11.1. The number of para-hydroxylation sites is 1. The summed E-state index contributed by atoms with van der Waals surface area (Å²) in [6.07, 6.45) is 0. The summed E-state index contributed by atoms with van der Waals surface area (Å²) in [4.78, 5) is 25.0. The third-order valence-corrected chi connectivity index (χ3v) is 7.00. The second-order valence-electron chi connectivity index (χ2n) is 6.95. The fraction of sp³-hybridized carbons (Fsp3) is 0.350. The molecule has 1 N–H and O–H groups in total. The summed E-state index contributed by atoms with van der Waals surface area (Å²) in [5.41, 5.74) is -0.222. The molecule has 1 aliphatic heterocycles. The number of nitro benzene ring substituents is 1. The fourth-order valence-corrected chi connectivity index (χ4v) is 4.76. The van der Waals surface area contributed by atoms with Crippen LogP contribution in [0.25, 0.3) is 0 Å². The van der Waals surface area contributed by atoms with E-state index in [1.54, 1.807) is 18.2 Å². The van der Waals surface area contributed by atoms with Crippen LogP contribution < -0.4 is 10.1 Å². The predicted octanol–water partition coefficient (Wildman–Crippen LogP) is 1.34. The fourth-order valence-electron chi connectivity index (χ4n) is 3.34. The minimum atomic E-state index is -3.58. The summed E-state index contributed by atoms with van der Waals surface area (Å²) in [7, 11) is -2.06. The van der Waals surface area contributed by atoms with Gasteiger partial charge >= 0.3 is 0 Å². The smallest absolute Gasteiger partial charge is 0.282 e. The summed E-state index contributed by atoms with van der Waals surface area (Å²) >= 11 is 0. The van der Waals surface area contributed by atoms with Crippen LogP contribution >= 0.6 is 0 Å². The Morgan fingerprint density at radius 1 is 1.10 bits per heavy atom. The number of piperazine rings is 1. The van der Waals surface area contributed by atoms with Gasteiger partial charge in [0.2, 0.25) is 10.0 Å². The molecule has 1 aliphatic rings. The Balaban J connectivity index is 1.49. The molecule has 1 amide bonds. The van der Waals surface area contributed by atoms with Crippen molar-refractivity contribution < 1.29 is 22.9 Å². The van der Waals surface area contributed by atoms with E-state index < -0.39 is 20.9 Å². The molecule has 0 radical (unpaired) electrons. The predicted molar refractivity (Wildman–Crippen MR) is 114 cm³/mol. The molecule has 10 nitrogen and oxygen atoms in total. The first-order chi connectivity index (χ1) is 14.8. The Morgan fingerprint density at radius 2 is 1.74 bits per heavy atom. The first kappa shape index (κ1) is 22.7. The van der Waals surface area contributed by atoms with Crippen LogP contribution in [-0.4, -0.2) is 74.8 Å². The van der Waals surface area contributed by atoms with Gasteiger partial charge in [-0.3, -0.25) is 19.8 Å². The van der Waals surface area contributed by atoms with Gasteiger partial charge in [0.05, 0.1) is 16.9 Å². The number of nitrogens with one attached hydrogen (secondary N) is 1. The topological polar surface area (TPSA) is 122 Å². The molecule has 2 aromatic carbocycles. The van der Waals surface area contributed by atoms with Crippen LogP contribution in [0.1, 0.15) is 10.4 Å². The number of nitrogens with zero attached hydrogens (tertiary/aromatic N) is 3. The number of hydrogen-bond acceptors (Lipinski definition) is 7. The summed E-state index contributed by atoms with van der Waals surface area (Å²) in [5.74, 6) is 0.0830. The molecule has 0 unspecified atom stereocenters. The maximum atomic E-state index is 12.8. The van der Waals surface area contributed by atoms with E-state index >= 15 is 0 Å². The zero-order valence-corrected chi connectivity index (χ0v) is 17.9. The number of rotatable bonds is 8. The van der Waals surface area contributed by atoms with Crippen molar-refractivity contribution in [2.24, 2.45) is 0 Å². The van der Waals surface area contributed by atoms with Crippen LogP contribution in [-0.2, 0) is 10.0 Å². The van der Waals surface area contributed by atoms with Crippen molar-refractivity contribution in [1.82, 2.24) is 14.5 Å². The largest absolute Gasteiger partial charge is 0.497 e. The Morgan fingerprint density at radius 3 is 2.35 bits per heavy atom. The van der Waals surface area contributed by atoms with E-state index in [1.165, 1.54) is 41.7 Å². The van der Waals surface area contributed by atoms with Gasteiger partial charge in [-0.1, -0.05) is 12.1 Å². The van der Waals surface area contributed by atoms with Gasteiger partial charge in [0.15, 0.2) is 0 Å². The van der Waals surface area contributed by atoms with Gasteiger partial charge in [0.1, 0.15) is 11.3 Å². The van der Waals surface area contributed by atoms with E-state index in [0.29, 0.717) is 45.0 Å². The Labute approximate surface area is 180 Å². The van der Waals surface area contributed by atoms with Gasteiger partial charge in [-0.05, 0) is 30.3 Å². The quantitative estimate of drug-likeness (QED) is 0.478. The number of benzene rings is 2. The number of nitro groups is 1. The average Bonchev–Trinajstić information content (AvgIpc) is 2.79. The zero-order chi connectivity index (χ0) is 22.4. The molecule has 0 aromatic heterocycles. The van der Waals surface area contributed by atoms with Crippen LogP contribution in [0.2, 0.25) is 0 Å². The molecular weight excluding hydrogens is 424 g/mol. The highest BCUT2D eigenvalue weighted by molar-refractivity contribution is 7.89. The molecule has 3 rings (SSSR count). The number of amides is 1. The molecular formula is C20H24N4O6S. The average molecular weight is 449 g/mol. The SMILES string of the molecule is COc1ccc(S(=O)(=O)N2CCN(CCNC(=O)c3ccccc3[N+](=O)[O-])CC2)cc1. The molecule has 166 valence electrons. The lowest BCUT2D eigenvalue weighted by atomic mass is 10.1. The maximum absolute atomic E-state index is 12.8. The Hall–Kier alpha value is -3.02. The molecule has 0 spiro atoms. The van der Waals surface area contributed by atoms with Gasteiger partial charge < -0.3 is 10.1 Å². The third-order valence-electron chi connectivity index (χ3n) is 5.09. The lowest BCUT2D eigenvalue weighted by molar-refractivity contribution is -0.385. The van der Waals surface area contributed by atoms with E-state index in [4.69, 9.17) is 4.74 Å². The Bertz CT molecular complexity index is 1030. The van der Waals surface area contributed by atoms with Gasteiger partial charge in [-0.2, -0.15) is 4.31 Å². The number of hydrogen-bond donors (Lipinski definition) is 1. The van der Waals surface area contributed by atoms with Gasteiger partial charge in [-0.15, -0.1) is 0 Å². The molecule has 2 aromatic rings. The summed E-state index contributed by atoms with van der Waals surface area (Å²) < 4.78 is 32.1. The van der Waals surface area contributed by atoms with Crippen molar-refractivity contribution in [2.75, 3.05) is 46.4 Å². The van der Waals surface area contributed by atoms with Crippen LogP contribution in [0.15, 0.2) is 53.4 Å². The monoisotopic (exact) mass is 448 g/mol. The van der Waals surface area contributed by atoms with Crippen molar-refractivity contribution in [3.8, 4) is 5.75 Å². The number of carbonyl (C=O) groups excluding carboxylic acids is 1. The molecule has 0 atom stereocenters. The summed E-state index contributed by atoms with van der Waals surface area (Å²) in [6.45, 7) is 2.55. The summed E-state index contributed by atoms with van der Waals surface area (Å²) in [5, 5.41) is 13.7. The molecule has 1 saturated heterocycles. The second kappa shape index (κ2) is 9.86. The third kappa shape index (κ3) is 5.37. The second-order valence-corrected chi connectivity index (χ2v) is 8.89. The standard InChI is InChI=1S/C20H24N4O6S/c1-30-16-6-8-17(9-7-16)31(28,29)23-14-12-22(13-15-23)11-10-21-20(25)18-4-2-3-5-19(18)24(26)27/h2-9H,10-15H2,1H3,(H,21,25). The van der Waals surface area contributed by atoms with Gasteiger partial charge in [-0.25, -0.2) is 8.42 Å². The Kier molecular flexibility index (Phi) is 7.21. The van der Waals surface area contributed by atoms with Crippen molar-refractivity contribution in [3.05, 3.63) is 64.2 Å². The highest BCUT2D eigenvalue weighted by Crippen LogP contribution is 2.21. The van der Waals surface area contributed by atoms with Gasteiger partial charge in [0.25, 0.3) is 11.6 Å². The van der Waals surface area contributed by atoms with Gasteiger partial charge in [0, 0.05) is 45.3 Å². The number of methoxy groups -OCH3 is 1. The molecule has 0 saturated carbocycles. The highest BCUT2D eigenvalue weighted by Gasteiger charge is 2.28. The molecule has 11 heteroatoms. The molecule has 1 heterocycles. The normalized spacial score (nSPS) is 15.4. The minimum Gasteiger partial charge on any atom is -0.497 e. The van der Waals surface area contributed by atoms with E-state index in [-0.39, 0.29) is 16.1 Å². The highest BCUT2D eigenvalue weighted by atomic mass is 32.2. The number of ether oxygens (including phenoxy) is 1. The lowest BCUT2D eigenvalue weighted by Crippen LogP contribution is -2.50. The van der Waals surface area contributed by atoms with Crippen molar-refractivity contribution in [3.63, 3.8) is 0 Å². The van der Waals surface area contributed by atoms with Crippen molar-refractivity contribution in [1.29, 1.82) is 0 Å². The molecule has 31 heavy (non-hydrogen) atoms. The molecule has 1 fully saturated rings. The van der Waals surface area contributed by atoms with Crippen LogP contribution in [0.5, 0.6) is 5.75 Å². The van der Waals surface area contributed by atoms with E-state index in [2.05, 4.69) is 5.32 Å². The molecule has 0 aliphatic carbocycles. The maximum Gasteiger partial charge on any atom is 0.282 e. The van der Waals surface area contributed by atoms with Crippen LogP contribution in [0.3, 0.4) is 0 Å². The number of carbonyl (C=O) groups is 1. The van der Waals surface area contributed by atoms with Crippen LogP contribution in [0, 0.1) is 10.1 Å². The number of sulfonamides is 1.